The molecule has 3 heterocycles. The van der Waals surface area contributed by atoms with Crippen molar-refractivity contribution in [3.05, 3.63) is 29.8 Å². The number of carbonyl (C=O) groups excluding carboxylic acids is 2. The highest BCUT2D eigenvalue weighted by molar-refractivity contribution is 7.86. The number of ether oxygens (including phenoxy) is 1. The van der Waals surface area contributed by atoms with Crippen molar-refractivity contribution in [2.75, 3.05) is 39.8 Å². The van der Waals surface area contributed by atoms with Crippen molar-refractivity contribution in [3.63, 3.8) is 0 Å². The van der Waals surface area contributed by atoms with Gasteiger partial charge in [0.2, 0.25) is 11.8 Å². The Morgan fingerprint density at radius 3 is 2.44 bits per heavy atom. The van der Waals surface area contributed by atoms with Crippen LogP contribution >= 0.6 is 0 Å². The smallest absolute Gasteiger partial charge is 0.282 e. The molecule has 11 heteroatoms. The number of benzene rings is 1. The van der Waals surface area contributed by atoms with E-state index in [0.29, 0.717) is 38.8 Å². The minimum absolute atomic E-state index is 0.114. The van der Waals surface area contributed by atoms with Crippen LogP contribution in [0.2, 0.25) is 0 Å². The van der Waals surface area contributed by atoms with E-state index in [2.05, 4.69) is 11.4 Å². The van der Waals surface area contributed by atoms with E-state index in [9.17, 15) is 18.0 Å². The van der Waals surface area contributed by atoms with Gasteiger partial charge in [0.05, 0.1) is 31.1 Å². The molecule has 196 valence electrons. The van der Waals surface area contributed by atoms with Gasteiger partial charge in [-0.05, 0) is 49.8 Å². The second kappa shape index (κ2) is 11.2. The summed E-state index contributed by atoms with van der Waals surface area (Å²) in [6, 6.07) is 8.94. The molecule has 0 radical (unpaired) electrons. The van der Waals surface area contributed by atoms with Gasteiger partial charge in [-0.1, -0.05) is 19.1 Å². The topological polar surface area (TPSA) is 123 Å². The Morgan fingerprint density at radius 2 is 1.81 bits per heavy atom. The number of piperidine rings is 1. The molecule has 1 aromatic carbocycles. The Labute approximate surface area is 213 Å². The molecule has 4 rings (SSSR count). The highest BCUT2D eigenvalue weighted by Gasteiger charge is 2.44. The maximum absolute atomic E-state index is 13.5. The van der Waals surface area contributed by atoms with Crippen LogP contribution in [0.5, 0.6) is 5.75 Å². The fourth-order valence-electron chi connectivity index (χ4n) is 5.29. The Hall–Kier alpha value is -2.68. The predicted molar refractivity (Wildman–Crippen MR) is 133 cm³/mol. The number of methoxy groups -OCH3 is 1. The highest BCUT2D eigenvalue weighted by Crippen LogP contribution is 2.29. The van der Waals surface area contributed by atoms with Crippen LogP contribution in [-0.4, -0.2) is 79.6 Å². The summed E-state index contributed by atoms with van der Waals surface area (Å²) in [6.45, 7) is 3.38. The Kier molecular flexibility index (Phi) is 8.17. The van der Waals surface area contributed by atoms with E-state index in [1.807, 2.05) is 31.2 Å². The van der Waals surface area contributed by atoms with Crippen molar-refractivity contribution < 1.29 is 22.7 Å². The molecule has 0 saturated carbocycles. The van der Waals surface area contributed by atoms with E-state index in [1.54, 1.807) is 12.0 Å². The SMILES string of the molecule is CC[C@@H](NC(=O)[C@H]1CCCN1C(=O)[C@H]1CCCN(S(=O)(=O)N2CC(C#N)C2)C1)c1ccc(OC)cc1. The first-order valence-electron chi connectivity index (χ1n) is 12.7. The number of nitriles is 1. The summed E-state index contributed by atoms with van der Waals surface area (Å²) in [4.78, 5) is 28.4. The molecule has 2 amide bonds. The molecule has 1 aromatic rings. The first kappa shape index (κ1) is 26.4. The number of carbonyl (C=O) groups is 2. The standard InChI is InChI=1S/C25H35N5O5S/c1-3-22(19-8-10-21(35-2)11-9-19)27-24(31)23-7-5-13-30(23)25(32)20-6-4-12-28(17-20)36(33,34)29-15-18(14-26)16-29/h8-11,18,20,22-23H,3-7,12-13,15-17H2,1-2H3,(H,27,31)/t20-,22+,23+/m0/s1. The Morgan fingerprint density at radius 1 is 1.11 bits per heavy atom. The number of hydrogen-bond donors (Lipinski definition) is 1. The monoisotopic (exact) mass is 517 g/mol. The van der Waals surface area contributed by atoms with E-state index < -0.39 is 22.2 Å². The Bertz CT molecular complexity index is 1100. The van der Waals surface area contributed by atoms with Gasteiger partial charge in [0.25, 0.3) is 10.2 Å². The van der Waals surface area contributed by atoms with E-state index in [-0.39, 0.29) is 43.4 Å². The third kappa shape index (κ3) is 5.36. The van der Waals surface area contributed by atoms with Crippen molar-refractivity contribution in [1.29, 1.82) is 5.26 Å². The molecule has 3 saturated heterocycles. The number of nitrogens with one attached hydrogen (secondary N) is 1. The van der Waals surface area contributed by atoms with E-state index in [4.69, 9.17) is 10.00 Å². The first-order chi connectivity index (χ1) is 17.3. The average Bonchev–Trinajstić information content (AvgIpc) is 3.36. The highest BCUT2D eigenvalue weighted by atomic mass is 32.2. The summed E-state index contributed by atoms with van der Waals surface area (Å²) in [5.41, 5.74) is 0.972. The van der Waals surface area contributed by atoms with Gasteiger partial charge < -0.3 is 15.0 Å². The molecule has 10 nitrogen and oxygen atoms in total. The number of nitrogens with zero attached hydrogens (tertiary/aromatic N) is 4. The third-order valence-electron chi connectivity index (χ3n) is 7.50. The van der Waals surface area contributed by atoms with Crippen molar-refractivity contribution in [3.8, 4) is 11.8 Å². The fraction of sp³-hybridized carbons (Fsp3) is 0.640. The van der Waals surface area contributed by atoms with E-state index >= 15 is 0 Å². The summed E-state index contributed by atoms with van der Waals surface area (Å²) in [6.07, 6.45) is 3.22. The van der Waals surface area contributed by atoms with Crippen LogP contribution in [-0.2, 0) is 19.8 Å². The summed E-state index contributed by atoms with van der Waals surface area (Å²) >= 11 is 0. The molecular formula is C25H35N5O5S. The van der Waals surface area contributed by atoms with Gasteiger partial charge in [-0.15, -0.1) is 0 Å². The lowest BCUT2D eigenvalue weighted by Crippen LogP contribution is -2.57. The lowest BCUT2D eigenvalue weighted by Gasteiger charge is -2.41. The van der Waals surface area contributed by atoms with Crippen LogP contribution in [0.1, 0.15) is 50.6 Å². The molecule has 3 atom stereocenters. The molecule has 0 unspecified atom stereocenters. The van der Waals surface area contributed by atoms with Crippen LogP contribution in [0.15, 0.2) is 24.3 Å². The predicted octanol–water partition coefficient (Wildman–Crippen LogP) is 1.67. The number of rotatable bonds is 8. The van der Waals surface area contributed by atoms with Gasteiger partial charge in [-0.2, -0.15) is 22.3 Å². The van der Waals surface area contributed by atoms with Gasteiger partial charge in [-0.3, -0.25) is 9.59 Å². The summed E-state index contributed by atoms with van der Waals surface area (Å²) in [7, 11) is -2.08. The molecule has 3 aliphatic heterocycles. The van der Waals surface area contributed by atoms with Crippen LogP contribution < -0.4 is 10.1 Å². The van der Waals surface area contributed by atoms with Crippen LogP contribution in [0.3, 0.4) is 0 Å². The summed E-state index contributed by atoms with van der Waals surface area (Å²) in [5, 5.41) is 12.1. The van der Waals surface area contributed by atoms with Crippen LogP contribution in [0.25, 0.3) is 0 Å². The zero-order valence-corrected chi connectivity index (χ0v) is 21.7. The molecule has 3 aliphatic rings. The average molecular weight is 518 g/mol. The van der Waals surface area contributed by atoms with Crippen LogP contribution in [0.4, 0.5) is 0 Å². The number of hydrogen-bond acceptors (Lipinski definition) is 6. The summed E-state index contributed by atoms with van der Waals surface area (Å²) in [5.74, 6) is -0.320. The normalized spacial score (nSPS) is 24.5. The minimum atomic E-state index is -3.69. The molecule has 0 bridgehead atoms. The van der Waals surface area contributed by atoms with Gasteiger partial charge in [-0.25, -0.2) is 0 Å². The zero-order valence-electron chi connectivity index (χ0n) is 20.9. The van der Waals surface area contributed by atoms with Gasteiger partial charge in [0.15, 0.2) is 0 Å². The molecule has 0 aromatic heterocycles. The number of likely N-dealkylation sites (tertiary alicyclic amines) is 1. The van der Waals surface area contributed by atoms with Crippen molar-refractivity contribution in [1.82, 2.24) is 18.8 Å². The lowest BCUT2D eigenvalue weighted by molar-refractivity contribution is -0.142. The van der Waals surface area contributed by atoms with E-state index in [1.165, 1.54) is 8.61 Å². The van der Waals surface area contributed by atoms with Crippen molar-refractivity contribution in [2.45, 2.75) is 51.1 Å². The molecule has 1 N–H and O–H groups in total. The molecule has 3 fully saturated rings. The lowest BCUT2D eigenvalue weighted by atomic mass is 9.97. The van der Waals surface area contributed by atoms with E-state index in [0.717, 1.165) is 17.7 Å². The molecular weight excluding hydrogens is 482 g/mol. The molecule has 36 heavy (non-hydrogen) atoms. The summed E-state index contributed by atoms with van der Waals surface area (Å²) < 4.78 is 33.8. The van der Waals surface area contributed by atoms with Crippen molar-refractivity contribution in [2.24, 2.45) is 11.8 Å². The first-order valence-corrected chi connectivity index (χ1v) is 14.1. The minimum Gasteiger partial charge on any atom is -0.497 e. The third-order valence-corrected chi connectivity index (χ3v) is 9.43. The largest absolute Gasteiger partial charge is 0.497 e. The second-order valence-electron chi connectivity index (χ2n) is 9.78. The zero-order chi connectivity index (χ0) is 25.9. The maximum Gasteiger partial charge on any atom is 0.282 e. The fourth-order valence-corrected chi connectivity index (χ4v) is 7.08. The van der Waals surface area contributed by atoms with Crippen LogP contribution in [0, 0.1) is 23.2 Å². The molecule has 0 spiro atoms. The van der Waals surface area contributed by atoms with Gasteiger partial charge in [0, 0.05) is 32.7 Å². The maximum atomic E-state index is 13.5. The van der Waals surface area contributed by atoms with Gasteiger partial charge in [0.1, 0.15) is 11.8 Å². The Balaban J connectivity index is 1.39. The second-order valence-corrected chi connectivity index (χ2v) is 11.7. The molecule has 0 aliphatic carbocycles. The number of amides is 2. The quantitative estimate of drug-likeness (QED) is 0.560. The van der Waals surface area contributed by atoms with Gasteiger partial charge >= 0.3 is 0 Å². The van der Waals surface area contributed by atoms with Crippen molar-refractivity contribution >= 4 is 22.0 Å².